The van der Waals surface area contributed by atoms with E-state index >= 15 is 0 Å². The maximum Gasteiger partial charge on any atom is 0.411 e. The van der Waals surface area contributed by atoms with Crippen LogP contribution in [0.15, 0.2) is 54.2 Å². The summed E-state index contributed by atoms with van der Waals surface area (Å²) in [7, 11) is -0.117. The molecule has 8 heteroatoms. The van der Waals surface area contributed by atoms with E-state index in [2.05, 4.69) is 79.1 Å². The van der Waals surface area contributed by atoms with E-state index in [4.69, 9.17) is 9.47 Å². The summed E-state index contributed by atoms with van der Waals surface area (Å²) in [5, 5.41) is 3.68. The van der Waals surface area contributed by atoms with Crippen molar-refractivity contribution in [3.63, 3.8) is 0 Å². The van der Waals surface area contributed by atoms with Crippen LogP contribution in [0.3, 0.4) is 0 Å². The molecule has 4 fully saturated rings. The first-order valence-corrected chi connectivity index (χ1v) is 22.8. The van der Waals surface area contributed by atoms with Gasteiger partial charge in [-0.25, -0.2) is 4.79 Å². The summed E-state index contributed by atoms with van der Waals surface area (Å²) in [5.41, 5.74) is 6.57. The number of nitrogens with zero attached hydrogens (tertiary/aromatic N) is 2. The zero-order valence-electron chi connectivity index (χ0n) is 32.9. The molecular weight excluding hydrogens is 651 g/mol. The lowest BCUT2D eigenvalue weighted by molar-refractivity contribution is -0.130. The van der Waals surface area contributed by atoms with Crippen LogP contribution >= 0.6 is 0 Å². The Kier molecular flexibility index (Phi) is 12.0. The second-order valence-corrected chi connectivity index (χ2v) is 22.4. The van der Waals surface area contributed by atoms with Crippen molar-refractivity contribution < 1.29 is 19.1 Å². The first-order valence-electron chi connectivity index (χ1n) is 19.3. The molecule has 4 saturated carbocycles. The summed E-state index contributed by atoms with van der Waals surface area (Å²) in [5.74, 6) is 5.75. The van der Waals surface area contributed by atoms with Gasteiger partial charge in [-0.05, 0) is 137 Å². The Morgan fingerprint density at radius 1 is 1.10 bits per heavy atom. The third-order valence-corrected chi connectivity index (χ3v) is 12.0. The van der Waals surface area contributed by atoms with Gasteiger partial charge in [-0.3, -0.25) is 15.0 Å². The summed E-state index contributed by atoms with van der Waals surface area (Å²) < 4.78 is 11.7. The third-order valence-electron chi connectivity index (χ3n) is 11.1. The number of allylic oxidation sites excluding steroid dienone is 1. The SMILES string of the molecule is C=C(/C=C\C(=C/C)CN(C(=O)OC(C)(C)C)C12CC3CC(CC(C3)C1)C2)[C@H]1c2ccc(OC)cc2C[C@H](NCCCC)N1C(=O)C#C[Si](C)(C)C. The average Bonchev–Trinajstić information content (AvgIpc) is 3.04. The zero-order chi connectivity index (χ0) is 37.1. The van der Waals surface area contributed by atoms with E-state index in [1.54, 1.807) is 7.11 Å². The van der Waals surface area contributed by atoms with E-state index in [0.717, 1.165) is 66.7 Å². The number of rotatable bonds is 11. The molecular formula is C43H63N3O4Si. The molecule has 1 aromatic rings. The van der Waals surface area contributed by atoms with Gasteiger partial charge >= 0.3 is 6.09 Å². The molecule has 2 atom stereocenters. The highest BCUT2D eigenvalue weighted by molar-refractivity contribution is 6.84. The van der Waals surface area contributed by atoms with E-state index in [-0.39, 0.29) is 23.7 Å². The van der Waals surface area contributed by atoms with Gasteiger partial charge in [-0.15, -0.1) is 5.54 Å². The van der Waals surface area contributed by atoms with Crippen LogP contribution in [0.5, 0.6) is 5.75 Å². The predicted molar refractivity (Wildman–Crippen MR) is 210 cm³/mol. The number of amides is 2. The van der Waals surface area contributed by atoms with Crippen molar-refractivity contribution in [2.45, 2.75) is 135 Å². The van der Waals surface area contributed by atoms with Crippen LogP contribution in [0.4, 0.5) is 4.79 Å². The number of benzene rings is 1. The molecule has 0 saturated heterocycles. The second-order valence-electron chi connectivity index (χ2n) is 17.7. The summed E-state index contributed by atoms with van der Waals surface area (Å²) in [4.78, 5) is 32.2. The lowest BCUT2D eigenvalue weighted by atomic mass is 9.52. The van der Waals surface area contributed by atoms with Crippen LogP contribution in [0.2, 0.25) is 19.6 Å². The number of unbranched alkanes of at least 4 members (excludes halogenated alkanes) is 1. The van der Waals surface area contributed by atoms with E-state index in [1.165, 1.54) is 19.3 Å². The molecule has 7 nitrogen and oxygen atoms in total. The van der Waals surface area contributed by atoms with Gasteiger partial charge < -0.3 is 14.4 Å². The number of fused-ring (bicyclic) bond motifs is 1. The topological polar surface area (TPSA) is 71.1 Å². The van der Waals surface area contributed by atoms with E-state index in [0.29, 0.717) is 30.7 Å². The summed E-state index contributed by atoms with van der Waals surface area (Å²) in [6.45, 7) is 22.4. The molecule has 1 aliphatic heterocycles. The fourth-order valence-electron chi connectivity index (χ4n) is 9.21. The van der Waals surface area contributed by atoms with Crippen molar-refractivity contribution in [2.75, 3.05) is 20.2 Å². The third kappa shape index (κ3) is 9.39. The highest BCUT2D eigenvalue weighted by Crippen LogP contribution is 2.58. The van der Waals surface area contributed by atoms with Gasteiger partial charge in [0.05, 0.1) is 19.3 Å². The maximum atomic E-state index is 14.1. The fraction of sp³-hybridized carbons (Fsp3) is 0.628. The van der Waals surface area contributed by atoms with Gasteiger partial charge in [0.15, 0.2) is 0 Å². The Hall–Kier alpha value is -3.28. The van der Waals surface area contributed by atoms with Crippen LogP contribution < -0.4 is 10.1 Å². The van der Waals surface area contributed by atoms with Crippen molar-refractivity contribution >= 4 is 20.1 Å². The number of carbonyl (C=O) groups excluding carboxylic acids is 2. The Morgan fingerprint density at radius 2 is 1.75 bits per heavy atom. The van der Waals surface area contributed by atoms with E-state index < -0.39 is 19.7 Å². The minimum absolute atomic E-state index is 0.160. The van der Waals surface area contributed by atoms with E-state index in [9.17, 15) is 9.59 Å². The zero-order valence-corrected chi connectivity index (χ0v) is 33.9. The van der Waals surface area contributed by atoms with Crippen molar-refractivity contribution in [2.24, 2.45) is 17.8 Å². The molecule has 1 aromatic carbocycles. The molecule has 4 aliphatic carbocycles. The van der Waals surface area contributed by atoms with Crippen LogP contribution in [-0.2, 0) is 16.0 Å². The molecule has 0 radical (unpaired) electrons. The van der Waals surface area contributed by atoms with Gasteiger partial charge in [0.1, 0.15) is 19.4 Å². The average molecular weight is 714 g/mol. The predicted octanol–water partition coefficient (Wildman–Crippen LogP) is 8.98. The van der Waals surface area contributed by atoms with Crippen LogP contribution in [0.1, 0.15) is 103 Å². The maximum absolute atomic E-state index is 14.1. The van der Waals surface area contributed by atoms with Crippen molar-refractivity contribution in [3.05, 3.63) is 65.3 Å². The van der Waals surface area contributed by atoms with Crippen LogP contribution in [-0.4, -0.2) is 67.4 Å². The minimum Gasteiger partial charge on any atom is -0.497 e. The number of carbonyl (C=O) groups is 2. The second kappa shape index (κ2) is 15.8. The molecule has 51 heavy (non-hydrogen) atoms. The van der Waals surface area contributed by atoms with Crippen molar-refractivity contribution in [3.8, 4) is 17.2 Å². The summed E-state index contributed by atoms with van der Waals surface area (Å²) in [6.07, 6.45) is 15.6. The number of methoxy groups -OCH3 is 1. The van der Waals surface area contributed by atoms with Gasteiger partial charge in [0, 0.05) is 18.5 Å². The number of hydrogen-bond acceptors (Lipinski definition) is 5. The van der Waals surface area contributed by atoms with Gasteiger partial charge in [-0.2, -0.15) is 0 Å². The minimum atomic E-state index is -1.80. The Morgan fingerprint density at radius 3 is 2.29 bits per heavy atom. The quantitative estimate of drug-likeness (QED) is 0.107. The first kappa shape index (κ1) is 38.9. The monoisotopic (exact) mass is 713 g/mol. The van der Waals surface area contributed by atoms with E-state index in [1.807, 2.05) is 44.7 Å². The van der Waals surface area contributed by atoms with Gasteiger partial charge in [0.2, 0.25) is 0 Å². The van der Waals surface area contributed by atoms with Crippen molar-refractivity contribution in [1.29, 1.82) is 0 Å². The summed E-state index contributed by atoms with van der Waals surface area (Å²) >= 11 is 0. The largest absolute Gasteiger partial charge is 0.497 e. The van der Waals surface area contributed by atoms with Crippen LogP contribution in [0.25, 0.3) is 0 Å². The molecule has 1 N–H and O–H groups in total. The number of nitrogens with one attached hydrogen (secondary N) is 1. The molecule has 278 valence electrons. The Balaban J connectivity index is 1.48. The van der Waals surface area contributed by atoms with Gasteiger partial charge in [-0.1, -0.05) is 63.9 Å². The number of ether oxygens (including phenoxy) is 2. The highest BCUT2D eigenvalue weighted by Gasteiger charge is 2.55. The smallest absolute Gasteiger partial charge is 0.411 e. The highest BCUT2D eigenvalue weighted by atomic mass is 28.3. The molecule has 0 unspecified atom stereocenters. The summed E-state index contributed by atoms with van der Waals surface area (Å²) in [6, 6.07) is 5.71. The molecule has 6 rings (SSSR count). The lowest BCUT2D eigenvalue weighted by Gasteiger charge is -2.60. The molecule has 0 spiro atoms. The van der Waals surface area contributed by atoms with Crippen molar-refractivity contribution in [1.82, 2.24) is 15.1 Å². The fourth-order valence-corrected chi connectivity index (χ4v) is 9.70. The number of hydrogen-bond donors (Lipinski definition) is 1. The molecule has 0 aromatic heterocycles. The molecule has 4 bridgehead atoms. The standard InChI is InChI=1S/C43H63N3O4Si/c1-11-13-19-44-38-25-35-24-36(49-7)16-17-37(35)40(46(38)39(47)18-20-51(8,9)10)30(3)14-15-31(12-2)29-45(41(48)50-42(4,5)6)43-26-32-21-33(27-43)23-34(22-32)28-43/h12,14-17,24,32-34,38,40,44H,3,11,13,19,21-23,25-29H2,1-2,4-10H3/b15-14-,31-12+/t32?,33?,34?,38-,40+,43?/m1/s1. The van der Waals surface area contributed by atoms with Crippen LogP contribution in [0, 0.1) is 29.2 Å². The van der Waals surface area contributed by atoms with Gasteiger partial charge in [0.25, 0.3) is 5.91 Å². The molecule has 2 amide bonds. The molecule has 5 aliphatic rings. The Bertz CT molecular complexity index is 1550. The molecule has 1 heterocycles. The normalized spacial score (nSPS) is 27.1. The Labute approximate surface area is 309 Å². The first-order chi connectivity index (χ1) is 24.0. The lowest BCUT2D eigenvalue weighted by Crippen LogP contribution is -2.62.